The lowest BCUT2D eigenvalue weighted by atomic mass is 10.1. The van der Waals surface area contributed by atoms with Crippen LogP contribution in [0.15, 0.2) is 70.6 Å². The van der Waals surface area contributed by atoms with Gasteiger partial charge in [0.25, 0.3) is 0 Å². The summed E-state index contributed by atoms with van der Waals surface area (Å²) < 4.78 is 59.8. The van der Waals surface area contributed by atoms with Crippen molar-refractivity contribution in [3.05, 3.63) is 82.3 Å². The van der Waals surface area contributed by atoms with Crippen molar-refractivity contribution in [2.24, 2.45) is 0 Å². The zero-order valence-electron chi connectivity index (χ0n) is 20.8. The number of anilines is 2. The van der Waals surface area contributed by atoms with Crippen LogP contribution in [0.25, 0.3) is 0 Å². The van der Waals surface area contributed by atoms with Crippen LogP contribution in [0.5, 0.6) is 17.2 Å². The maximum atomic E-state index is 14.1. The van der Waals surface area contributed by atoms with Crippen LogP contribution in [0.2, 0.25) is 0 Å². The van der Waals surface area contributed by atoms with Gasteiger partial charge < -0.3 is 19.5 Å². The van der Waals surface area contributed by atoms with Crippen molar-refractivity contribution in [2.45, 2.75) is 24.3 Å². The fourth-order valence-electron chi connectivity index (χ4n) is 3.55. The van der Waals surface area contributed by atoms with Crippen LogP contribution in [0.4, 0.5) is 24.7 Å². The van der Waals surface area contributed by atoms with Gasteiger partial charge in [0.2, 0.25) is 0 Å². The molecule has 2 aromatic carbocycles. The topological polar surface area (TPSA) is 68.7 Å². The van der Waals surface area contributed by atoms with Gasteiger partial charge in [-0.2, -0.15) is 13.2 Å². The Hall–Kier alpha value is -3.64. The van der Waals surface area contributed by atoms with E-state index in [0.717, 1.165) is 23.6 Å². The molecule has 7 nitrogen and oxygen atoms in total. The summed E-state index contributed by atoms with van der Waals surface area (Å²) >= 11 is 2.49. The van der Waals surface area contributed by atoms with Gasteiger partial charge in [0.1, 0.15) is 28.1 Å². The van der Waals surface area contributed by atoms with Crippen molar-refractivity contribution in [3.8, 4) is 17.2 Å². The highest BCUT2D eigenvalue weighted by atomic mass is 32.2. The molecule has 4 aromatic rings. The van der Waals surface area contributed by atoms with Gasteiger partial charge in [0.05, 0.1) is 50.8 Å². The van der Waals surface area contributed by atoms with Crippen LogP contribution in [0.3, 0.4) is 0 Å². The summed E-state index contributed by atoms with van der Waals surface area (Å²) in [6.07, 6.45) is -3.39. The monoisotopic (exact) mass is 562 g/mol. The third-order valence-electron chi connectivity index (χ3n) is 5.51. The molecule has 2 heterocycles. The van der Waals surface area contributed by atoms with Crippen molar-refractivity contribution in [3.63, 3.8) is 0 Å². The second-order valence-electron chi connectivity index (χ2n) is 7.92. The average Bonchev–Trinajstić information content (AvgIpc) is 3.47. The summed E-state index contributed by atoms with van der Waals surface area (Å²) in [6.45, 7) is 0.505. The number of nitrogens with one attached hydrogen (secondary N) is 1. The first-order valence-electron chi connectivity index (χ1n) is 11.3. The zero-order chi connectivity index (χ0) is 27.1. The lowest BCUT2D eigenvalue weighted by Crippen LogP contribution is -2.16. The van der Waals surface area contributed by atoms with E-state index in [4.69, 9.17) is 14.2 Å². The largest absolute Gasteiger partial charge is 0.497 e. The van der Waals surface area contributed by atoms with E-state index in [1.165, 1.54) is 31.8 Å². The highest BCUT2D eigenvalue weighted by Gasteiger charge is 2.34. The van der Waals surface area contributed by atoms with E-state index in [1.54, 1.807) is 35.1 Å². The molecule has 0 unspecified atom stereocenters. The fraction of sp³-hybridized carbons (Fsp3) is 0.231. The normalized spacial score (nSPS) is 11.2. The molecule has 0 aliphatic carbocycles. The third kappa shape index (κ3) is 6.81. The molecule has 0 aliphatic rings. The Morgan fingerprint density at radius 1 is 0.947 bits per heavy atom. The van der Waals surface area contributed by atoms with E-state index in [9.17, 15) is 13.2 Å². The van der Waals surface area contributed by atoms with Gasteiger partial charge in [-0.3, -0.25) is 4.31 Å². The number of benzene rings is 2. The number of halogens is 3. The van der Waals surface area contributed by atoms with Gasteiger partial charge in [-0.15, -0.1) is 11.3 Å². The number of nitrogens with zero attached hydrogens (tertiary/aromatic N) is 3. The minimum atomic E-state index is -4.59. The molecule has 38 heavy (non-hydrogen) atoms. The van der Waals surface area contributed by atoms with Crippen LogP contribution in [-0.2, 0) is 19.3 Å². The Labute approximate surface area is 226 Å². The van der Waals surface area contributed by atoms with Crippen LogP contribution in [0.1, 0.15) is 16.7 Å². The molecule has 0 spiro atoms. The summed E-state index contributed by atoms with van der Waals surface area (Å²) in [5.74, 6) is 2.43. The number of rotatable bonds is 11. The van der Waals surface area contributed by atoms with Gasteiger partial charge in [0, 0.05) is 35.5 Å². The summed E-state index contributed by atoms with van der Waals surface area (Å²) in [6, 6.07) is 13.6. The number of thiazole rings is 1. The lowest BCUT2D eigenvalue weighted by molar-refractivity contribution is -0.137. The molecule has 0 saturated heterocycles. The number of aromatic nitrogens is 2. The van der Waals surface area contributed by atoms with Crippen molar-refractivity contribution in [1.82, 2.24) is 9.97 Å². The molecule has 0 aliphatic heterocycles. The Bertz CT molecular complexity index is 1340. The van der Waals surface area contributed by atoms with Crippen LogP contribution in [0, 0.1) is 0 Å². The first-order chi connectivity index (χ1) is 18.3. The van der Waals surface area contributed by atoms with Crippen LogP contribution >= 0.6 is 23.3 Å². The van der Waals surface area contributed by atoms with E-state index >= 15 is 0 Å². The van der Waals surface area contributed by atoms with Gasteiger partial charge in [-0.25, -0.2) is 9.97 Å². The van der Waals surface area contributed by atoms with E-state index in [-0.39, 0.29) is 17.3 Å². The highest BCUT2D eigenvalue weighted by molar-refractivity contribution is 8.00. The zero-order valence-corrected chi connectivity index (χ0v) is 22.4. The standard InChI is InChI=1S/C26H25F3N4O3S2/c1-34-19-7-4-17(5-8-19)14-33(24-15-37-16-32-24)38-25-11-21(26(27,28)29)22(13-31-25)30-12-18-6-9-20(35-2)10-23(18)36-3/h4-11,13,15-16,30H,12,14H2,1-3H3. The Balaban J connectivity index is 1.57. The van der Waals surface area contributed by atoms with Crippen molar-refractivity contribution < 1.29 is 27.4 Å². The van der Waals surface area contributed by atoms with Gasteiger partial charge >= 0.3 is 6.18 Å². The first kappa shape index (κ1) is 27.4. The quantitative estimate of drug-likeness (QED) is 0.198. The molecule has 0 radical (unpaired) electrons. The molecule has 12 heteroatoms. The van der Waals surface area contributed by atoms with E-state index in [2.05, 4.69) is 15.3 Å². The summed E-state index contributed by atoms with van der Waals surface area (Å²) in [5.41, 5.74) is 2.34. The van der Waals surface area contributed by atoms with Gasteiger partial charge in [-0.1, -0.05) is 12.1 Å². The SMILES string of the molecule is COc1ccc(CN(Sc2cc(C(F)(F)F)c(NCc3ccc(OC)cc3OC)cn2)c2cscn2)cc1. The molecular weight excluding hydrogens is 537 g/mol. The number of hydrogen-bond donors (Lipinski definition) is 1. The molecule has 0 amide bonds. The predicted molar refractivity (Wildman–Crippen MR) is 143 cm³/mol. The molecule has 200 valence electrons. The number of alkyl halides is 3. The second kappa shape index (κ2) is 12.3. The van der Waals surface area contributed by atoms with Crippen LogP contribution < -0.4 is 23.8 Å². The average molecular weight is 563 g/mol. The molecule has 4 rings (SSSR count). The minimum Gasteiger partial charge on any atom is -0.497 e. The number of ether oxygens (including phenoxy) is 3. The van der Waals surface area contributed by atoms with Crippen molar-refractivity contribution >= 4 is 34.8 Å². The maximum absolute atomic E-state index is 14.1. The maximum Gasteiger partial charge on any atom is 0.418 e. The minimum absolute atomic E-state index is 0.104. The number of hydrogen-bond acceptors (Lipinski definition) is 9. The Kier molecular flexibility index (Phi) is 8.85. The van der Waals surface area contributed by atoms with Crippen molar-refractivity contribution in [2.75, 3.05) is 31.0 Å². The third-order valence-corrected chi connectivity index (χ3v) is 7.03. The first-order valence-corrected chi connectivity index (χ1v) is 13.0. The molecule has 0 fully saturated rings. The Morgan fingerprint density at radius 3 is 2.32 bits per heavy atom. The van der Waals surface area contributed by atoms with Crippen molar-refractivity contribution in [1.29, 1.82) is 0 Å². The predicted octanol–water partition coefficient (Wildman–Crippen LogP) is 6.91. The lowest BCUT2D eigenvalue weighted by Gasteiger charge is -2.22. The smallest absolute Gasteiger partial charge is 0.418 e. The molecular formula is C26H25F3N4O3S2. The fourth-order valence-corrected chi connectivity index (χ4v) is 5.06. The Morgan fingerprint density at radius 2 is 1.68 bits per heavy atom. The van der Waals surface area contributed by atoms with E-state index in [0.29, 0.717) is 35.2 Å². The summed E-state index contributed by atoms with van der Waals surface area (Å²) in [7, 11) is 4.61. The van der Waals surface area contributed by atoms with E-state index in [1.807, 2.05) is 29.6 Å². The van der Waals surface area contributed by atoms with Crippen LogP contribution in [-0.4, -0.2) is 31.3 Å². The molecule has 0 saturated carbocycles. The molecule has 2 aromatic heterocycles. The van der Waals surface area contributed by atoms with E-state index < -0.39 is 11.7 Å². The van der Waals surface area contributed by atoms with Gasteiger partial charge in [-0.05, 0) is 35.9 Å². The second-order valence-corrected chi connectivity index (χ2v) is 9.68. The molecule has 0 bridgehead atoms. The number of methoxy groups -OCH3 is 3. The molecule has 0 atom stereocenters. The highest BCUT2D eigenvalue weighted by Crippen LogP contribution is 2.38. The summed E-state index contributed by atoms with van der Waals surface area (Å²) in [5, 5.41) is 4.88. The molecule has 1 N–H and O–H groups in total. The van der Waals surface area contributed by atoms with Gasteiger partial charge in [0.15, 0.2) is 0 Å². The summed E-state index contributed by atoms with van der Waals surface area (Å²) in [4.78, 5) is 8.66. The number of pyridine rings is 1.